The van der Waals surface area contributed by atoms with Crippen molar-refractivity contribution in [2.24, 2.45) is 0 Å². The predicted octanol–water partition coefficient (Wildman–Crippen LogP) is 5.30. The minimum atomic E-state index is -0.780. The van der Waals surface area contributed by atoms with Crippen LogP contribution in [-0.2, 0) is 11.2 Å². The van der Waals surface area contributed by atoms with Crippen molar-refractivity contribution >= 4 is 5.97 Å². The smallest absolute Gasteiger partial charge is 0.360 e. The van der Waals surface area contributed by atoms with E-state index in [9.17, 15) is 4.79 Å². The molecule has 24 heavy (non-hydrogen) atoms. The van der Waals surface area contributed by atoms with Crippen molar-refractivity contribution in [2.45, 2.75) is 19.3 Å². The minimum Gasteiger partial charge on any atom is -0.481 e. The second kappa shape index (κ2) is 7.55. The van der Waals surface area contributed by atoms with Gasteiger partial charge in [-0.1, -0.05) is 48.5 Å². The molecule has 1 aromatic heterocycles. The molecule has 2 aromatic carbocycles. The molecule has 0 amide bonds. The molecule has 3 heteroatoms. The molecule has 0 aliphatic carbocycles. The van der Waals surface area contributed by atoms with E-state index in [2.05, 4.69) is 12.1 Å². The highest BCUT2D eigenvalue weighted by Crippen LogP contribution is 2.28. The van der Waals surface area contributed by atoms with E-state index in [1.165, 1.54) is 0 Å². The van der Waals surface area contributed by atoms with Crippen molar-refractivity contribution in [3.63, 3.8) is 0 Å². The first-order valence-corrected chi connectivity index (χ1v) is 8.02. The summed E-state index contributed by atoms with van der Waals surface area (Å²) in [6, 6.07) is 24.1. The molecular weight excluding hydrogens is 300 g/mol. The van der Waals surface area contributed by atoms with Crippen LogP contribution in [0, 0.1) is 0 Å². The molecule has 0 aliphatic rings. The van der Waals surface area contributed by atoms with Crippen LogP contribution >= 0.6 is 0 Å². The average Bonchev–Trinajstić information content (AvgIpc) is 2.63. The van der Waals surface area contributed by atoms with Gasteiger partial charge in [-0.15, -0.1) is 0 Å². The maximum atomic E-state index is 10.7. The van der Waals surface area contributed by atoms with Crippen molar-refractivity contribution in [3.05, 3.63) is 78.6 Å². The quantitative estimate of drug-likeness (QED) is 0.627. The van der Waals surface area contributed by atoms with Crippen molar-refractivity contribution in [1.29, 1.82) is 0 Å². The Morgan fingerprint density at radius 3 is 2.08 bits per heavy atom. The average molecular weight is 319 g/mol. The van der Waals surface area contributed by atoms with Gasteiger partial charge in [0.15, 0.2) is 0 Å². The van der Waals surface area contributed by atoms with Gasteiger partial charge in [-0.05, 0) is 24.1 Å². The number of hydrogen-bond donors (Lipinski definition) is 1. The predicted molar refractivity (Wildman–Crippen MR) is 94.6 cm³/mol. The lowest BCUT2D eigenvalue weighted by Crippen LogP contribution is -1.96. The lowest BCUT2D eigenvalue weighted by Gasteiger charge is -2.01. The normalized spacial score (nSPS) is 10.5. The van der Waals surface area contributed by atoms with Gasteiger partial charge in [0, 0.05) is 18.1 Å². The van der Waals surface area contributed by atoms with E-state index in [0.29, 0.717) is 12.8 Å². The molecule has 0 saturated heterocycles. The highest BCUT2D eigenvalue weighted by Gasteiger charge is 2.18. The Balaban J connectivity index is 1.98. The fourth-order valence-electron chi connectivity index (χ4n) is 2.64. The van der Waals surface area contributed by atoms with Crippen molar-refractivity contribution in [3.8, 4) is 22.5 Å². The van der Waals surface area contributed by atoms with Crippen molar-refractivity contribution < 1.29 is 14.3 Å². The van der Waals surface area contributed by atoms with Crippen LogP contribution in [0.1, 0.15) is 18.6 Å². The zero-order chi connectivity index (χ0) is 16.8. The summed E-state index contributed by atoms with van der Waals surface area (Å²) in [4.78, 5) is 10.7. The van der Waals surface area contributed by atoms with Gasteiger partial charge in [-0.2, -0.15) is 0 Å². The van der Waals surface area contributed by atoms with Crippen LogP contribution in [0.2, 0.25) is 0 Å². The first-order chi connectivity index (χ1) is 11.7. The summed E-state index contributed by atoms with van der Waals surface area (Å²) in [6.07, 6.45) is 1.31. The summed E-state index contributed by atoms with van der Waals surface area (Å²) in [5.74, 6) is 0.816. The van der Waals surface area contributed by atoms with Crippen molar-refractivity contribution in [1.82, 2.24) is 0 Å². The number of hydrogen-bond acceptors (Lipinski definition) is 1. The number of carboxylic acid groups (broad SMARTS) is 1. The molecular formula is C21H19O3+. The van der Waals surface area contributed by atoms with Crippen molar-refractivity contribution in [2.75, 3.05) is 0 Å². The summed E-state index contributed by atoms with van der Waals surface area (Å²) in [7, 11) is 0. The molecule has 3 nitrogen and oxygen atoms in total. The standard InChI is InChI=1S/C21H18O3/c22-21(23)13-7-12-19-14-18(16-8-3-1-4-9-16)15-20(24-19)17-10-5-2-6-11-17/h1-6,8-11,14-15H,7,12-13H2/p+1. The molecule has 3 aromatic rings. The van der Waals surface area contributed by atoms with Gasteiger partial charge >= 0.3 is 17.5 Å². The van der Waals surface area contributed by atoms with E-state index in [1.54, 1.807) is 0 Å². The maximum absolute atomic E-state index is 10.7. The first kappa shape index (κ1) is 15.9. The highest BCUT2D eigenvalue weighted by molar-refractivity contribution is 5.70. The van der Waals surface area contributed by atoms with Crippen LogP contribution in [0.5, 0.6) is 0 Å². The SMILES string of the molecule is O=C(O)CCCc1cc(-c2ccccc2)cc(-c2ccccc2)[o+]1. The van der Waals surface area contributed by atoms with Crippen LogP contribution in [0.3, 0.4) is 0 Å². The summed E-state index contributed by atoms with van der Waals surface area (Å²) >= 11 is 0. The summed E-state index contributed by atoms with van der Waals surface area (Å²) < 4.78 is 6.01. The number of carboxylic acids is 1. The third-order valence-corrected chi connectivity index (χ3v) is 3.82. The number of benzene rings is 2. The lowest BCUT2D eigenvalue weighted by atomic mass is 10.0. The van der Waals surface area contributed by atoms with Crippen LogP contribution in [0.15, 0.2) is 77.2 Å². The van der Waals surface area contributed by atoms with Crippen LogP contribution < -0.4 is 0 Å². The van der Waals surface area contributed by atoms with E-state index in [4.69, 9.17) is 9.52 Å². The van der Waals surface area contributed by atoms with Crippen LogP contribution in [0.4, 0.5) is 0 Å². The Morgan fingerprint density at radius 2 is 1.46 bits per heavy atom. The molecule has 0 aliphatic heterocycles. The third kappa shape index (κ3) is 4.07. The Bertz CT molecular complexity index is 753. The molecule has 0 saturated carbocycles. The summed E-state index contributed by atoms with van der Waals surface area (Å²) in [6.45, 7) is 0. The molecule has 0 radical (unpaired) electrons. The van der Waals surface area contributed by atoms with Gasteiger partial charge in [-0.25, -0.2) is 4.42 Å². The second-order valence-corrected chi connectivity index (χ2v) is 5.66. The fraction of sp³-hybridized carbons (Fsp3) is 0.143. The Hall–Kier alpha value is -2.94. The molecule has 1 heterocycles. The van der Waals surface area contributed by atoms with Crippen LogP contribution in [0.25, 0.3) is 22.5 Å². The van der Waals surface area contributed by atoms with Gasteiger partial charge in [0.05, 0.1) is 18.1 Å². The molecule has 0 atom stereocenters. The molecule has 0 bridgehead atoms. The van der Waals surface area contributed by atoms with Gasteiger partial charge in [-0.3, -0.25) is 4.79 Å². The van der Waals surface area contributed by atoms with E-state index in [0.717, 1.165) is 28.2 Å². The molecule has 0 fully saturated rings. The van der Waals surface area contributed by atoms with Gasteiger partial charge in [0.2, 0.25) is 0 Å². The monoisotopic (exact) mass is 319 g/mol. The van der Waals surface area contributed by atoms with E-state index in [-0.39, 0.29) is 6.42 Å². The summed E-state index contributed by atoms with van der Waals surface area (Å²) in [5.41, 5.74) is 3.20. The molecule has 120 valence electrons. The molecule has 3 rings (SSSR count). The number of carbonyl (C=O) groups is 1. The lowest BCUT2D eigenvalue weighted by molar-refractivity contribution is -0.137. The van der Waals surface area contributed by atoms with Crippen LogP contribution in [-0.4, -0.2) is 11.1 Å². The Labute approximate surface area is 141 Å². The number of aryl methyl sites for hydroxylation is 1. The molecule has 0 unspecified atom stereocenters. The summed E-state index contributed by atoms with van der Waals surface area (Å²) in [5, 5.41) is 8.83. The maximum Gasteiger partial charge on any atom is 0.360 e. The first-order valence-electron chi connectivity index (χ1n) is 8.02. The molecule has 0 spiro atoms. The topological polar surface area (TPSA) is 48.6 Å². The minimum absolute atomic E-state index is 0.145. The Morgan fingerprint density at radius 1 is 0.833 bits per heavy atom. The van der Waals surface area contributed by atoms with Gasteiger partial charge in [0.1, 0.15) is 0 Å². The molecule has 1 N–H and O–H groups in total. The second-order valence-electron chi connectivity index (χ2n) is 5.66. The zero-order valence-corrected chi connectivity index (χ0v) is 13.3. The number of rotatable bonds is 6. The van der Waals surface area contributed by atoms with E-state index >= 15 is 0 Å². The third-order valence-electron chi connectivity index (χ3n) is 3.82. The van der Waals surface area contributed by atoms with Gasteiger partial charge in [0.25, 0.3) is 0 Å². The van der Waals surface area contributed by atoms with Gasteiger partial charge < -0.3 is 5.11 Å². The largest absolute Gasteiger partial charge is 0.481 e. The zero-order valence-electron chi connectivity index (χ0n) is 13.3. The number of aliphatic carboxylic acids is 1. The van der Waals surface area contributed by atoms with E-state index in [1.807, 2.05) is 60.7 Å². The highest BCUT2D eigenvalue weighted by atomic mass is 16.4. The fourth-order valence-corrected chi connectivity index (χ4v) is 2.64. The Kier molecular flexibility index (Phi) is 5.02. The van der Waals surface area contributed by atoms with E-state index < -0.39 is 5.97 Å².